The number of aromatic nitrogens is 1. The van der Waals surface area contributed by atoms with Gasteiger partial charge in [-0.15, -0.1) is 11.3 Å². The fourth-order valence-electron chi connectivity index (χ4n) is 3.59. The predicted molar refractivity (Wildman–Crippen MR) is 118 cm³/mol. The maximum absolute atomic E-state index is 5.55. The Morgan fingerprint density at radius 1 is 1.24 bits per heavy atom. The first kappa shape index (κ1) is 21.8. The van der Waals surface area contributed by atoms with Crippen molar-refractivity contribution in [1.82, 2.24) is 20.7 Å². The van der Waals surface area contributed by atoms with E-state index in [1.807, 2.05) is 11.3 Å². The lowest BCUT2D eigenvalue weighted by Crippen LogP contribution is -2.46. The molecule has 2 aromatic heterocycles. The van der Waals surface area contributed by atoms with Crippen LogP contribution in [0.5, 0.6) is 0 Å². The van der Waals surface area contributed by atoms with E-state index in [4.69, 9.17) is 14.3 Å². The van der Waals surface area contributed by atoms with Gasteiger partial charge in [0, 0.05) is 43.0 Å². The zero-order valence-corrected chi connectivity index (χ0v) is 18.6. The van der Waals surface area contributed by atoms with E-state index in [1.54, 1.807) is 0 Å². The first-order valence-electron chi connectivity index (χ1n) is 10.6. The molecule has 0 saturated carbocycles. The zero-order chi connectivity index (χ0) is 20.5. The number of aryl methyl sites for hydroxylation is 2. The zero-order valence-electron chi connectivity index (χ0n) is 17.7. The van der Waals surface area contributed by atoms with Crippen LogP contribution in [0.3, 0.4) is 0 Å². The summed E-state index contributed by atoms with van der Waals surface area (Å²) in [6.45, 7) is 12.0. The number of nitrogens with zero attached hydrogens (tertiary/aromatic N) is 3. The minimum Gasteiger partial charge on any atom is -0.379 e. The number of nitrogens with one attached hydrogen (secondary N) is 2. The van der Waals surface area contributed by atoms with Gasteiger partial charge in [0.15, 0.2) is 5.96 Å². The van der Waals surface area contributed by atoms with Crippen LogP contribution < -0.4 is 10.6 Å². The molecule has 0 bridgehead atoms. The molecular formula is C21H33N5O2S. The fourth-order valence-corrected chi connectivity index (χ4v) is 4.45. The molecular weight excluding hydrogens is 386 g/mol. The van der Waals surface area contributed by atoms with Crippen LogP contribution in [-0.4, -0.2) is 55.4 Å². The van der Waals surface area contributed by atoms with E-state index in [0.717, 1.165) is 75.2 Å². The Kier molecular flexibility index (Phi) is 8.52. The van der Waals surface area contributed by atoms with Crippen LogP contribution >= 0.6 is 11.3 Å². The number of hydrogen-bond donors (Lipinski definition) is 2. The Bertz CT molecular complexity index is 732. The van der Waals surface area contributed by atoms with Crippen molar-refractivity contribution in [2.75, 3.05) is 39.4 Å². The Hall–Kier alpha value is -1.90. The lowest BCUT2D eigenvalue weighted by atomic mass is 10.1. The Morgan fingerprint density at radius 2 is 2.07 bits per heavy atom. The monoisotopic (exact) mass is 419 g/mol. The third-order valence-electron chi connectivity index (χ3n) is 5.17. The molecule has 0 spiro atoms. The first-order chi connectivity index (χ1) is 14.3. The van der Waals surface area contributed by atoms with Gasteiger partial charge < -0.3 is 19.9 Å². The van der Waals surface area contributed by atoms with Crippen LogP contribution in [0.15, 0.2) is 27.0 Å². The molecule has 3 heterocycles. The van der Waals surface area contributed by atoms with Crippen LogP contribution in [0.25, 0.3) is 0 Å². The number of ether oxygens (including phenoxy) is 1. The van der Waals surface area contributed by atoms with Gasteiger partial charge in [0.05, 0.1) is 31.5 Å². The molecule has 8 heteroatoms. The van der Waals surface area contributed by atoms with Crippen molar-refractivity contribution >= 4 is 17.3 Å². The summed E-state index contributed by atoms with van der Waals surface area (Å²) in [4.78, 5) is 8.69. The summed E-state index contributed by atoms with van der Waals surface area (Å²) in [5.41, 5.74) is 2.13. The third-order valence-corrected chi connectivity index (χ3v) is 6.14. The average Bonchev–Trinajstić information content (AvgIpc) is 3.42. The molecule has 1 aliphatic rings. The van der Waals surface area contributed by atoms with Crippen LogP contribution in [0.1, 0.15) is 48.7 Å². The molecule has 0 radical (unpaired) electrons. The fraction of sp³-hybridized carbons (Fsp3) is 0.619. The summed E-state index contributed by atoms with van der Waals surface area (Å²) in [7, 11) is 0. The Labute approximate surface area is 177 Å². The first-order valence-corrected chi connectivity index (χ1v) is 11.5. The van der Waals surface area contributed by atoms with Gasteiger partial charge in [0.25, 0.3) is 0 Å². The second-order valence-corrected chi connectivity index (χ2v) is 7.97. The standard InChI is InChI=1S/C21H33N5O2S/c1-4-17-16(19(5-2)28-25-17)14-23-21(22-6-3)24-15-18(20-8-7-13-29-20)26-9-11-27-12-10-26/h7-8,13,18H,4-6,9-12,14-15H2,1-3H3,(H2,22,23,24). The SMILES string of the molecule is CCNC(=NCc1c(CC)noc1CC)NCC(c1cccs1)N1CCOCC1. The van der Waals surface area contributed by atoms with Crippen molar-refractivity contribution < 1.29 is 9.26 Å². The van der Waals surface area contributed by atoms with Crippen molar-refractivity contribution in [3.8, 4) is 0 Å². The highest BCUT2D eigenvalue weighted by Crippen LogP contribution is 2.25. The molecule has 1 unspecified atom stereocenters. The number of thiophene rings is 1. The minimum absolute atomic E-state index is 0.316. The maximum Gasteiger partial charge on any atom is 0.191 e. The number of rotatable bonds is 9. The van der Waals surface area contributed by atoms with Gasteiger partial charge in [-0.25, -0.2) is 4.99 Å². The van der Waals surface area contributed by atoms with Gasteiger partial charge in [-0.2, -0.15) is 0 Å². The van der Waals surface area contributed by atoms with Crippen molar-refractivity contribution in [3.05, 3.63) is 39.4 Å². The van der Waals surface area contributed by atoms with E-state index in [9.17, 15) is 0 Å². The quantitative estimate of drug-likeness (QED) is 0.481. The van der Waals surface area contributed by atoms with E-state index in [0.29, 0.717) is 12.6 Å². The van der Waals surface area contributed by atoms with Crippen LogP contribution in [0.2, 0.25) is 0 Å². The molecule has 1 atom stereocenters. The van der Waals surface area contributed by atoms with Gasteiger partial charge in [-0.05, 0) is 24.8 Å². The van der Waals surface area contributed by atoms with Crippen LogP contribution in [0, 0.1) is 0 Å². The Morgan fingerprint density at radius 3 is 2.72 bits per heavy atom. The van der Waals surface area contributed by atoms with Crippen molar-refractivity contribution in [2.24, 2.45) is 4.99 Å². The smallest absolute Gasteiger partial charge is 0.191 e. The molecule has 3 rings (SSSR count). The topological polar surface area (TPSA) is 74.9 Å². The summed E-state index contributed by atoms with van der Waals surface area (Å²) in [6, 6.07) is 4.65. The van der Waals surface area contributed by atoms with Crippen LogP contribution in [-0.2, 0) is 24.1 Å². The van der Waals surface area contributed by atoms with Gasteiger partial charge in [0.2, 0.25) is 0 Å². The van der Waals surface area contributed by atoms with Crippen molar-refractivity contribution in [1.29, 1.82) is 0 Å². The summed E-state index contributed by atoms with van der Waals surface area (Å²) < 4.78 is 11.0. The molecule has 0 aromatic carbocycles. The Balaban J connectivity index is 1.70. The van der Waals surface area contributed by atoms with E-state index < -0.39 is 0 Å². The third kappa shape index (κ3) is 5.81. The molecule has 1 fully saturated rings. The minimum atomic E-state index is 0.316. The average molecular weight is 420 g/mol. The van der Waals surface area contributed by atoms with E-state index in [2.05, 4.69) is 59.0 Å². The molecule has 1 aliphatic heterocycles. The van der Waals surface area contributed by atoms with Crippen molar-refractivity contribution in [3.63, 3.8) is 0 Å². The lowest BCUT2D eigenvalue weighted by Gasteiger charge is -2.34. The second kappa shape index (κ2) is 11.3. The van der Waals surface area contributed by atoms with Crippen molar-refractivity contribution in [2.45, 2.75) is 46.2 Å². The molecule has 2 N–H and O–H groups in total. The van der Waals surface area contributed by atoms with Gasteiger partial charge >= 0.3 is 0 Å². The highest BCUT2D eigenvalue weighted by Gasteiger charge is 2.23. The summed E-state index contributed by atoms with van der Waals surface area (Å²) in [6.07, 6.45) is 1.69. The number of hydrogen-bond acceptors (Lipinski definition) is 6. The second-order valence-electron chi connectivity index (χ2n) is 6.99. The van der Waals surface area contributed by atoms with Gasteiger partial charge in [-0.3, -0.25) is 4.90 Å². The highest BCUT2D eigenvalue weighted by molar-refractivity contribution is 7.10. The summed E-state index contributed by atoms with van der Waals surface area (Å²) in [5.74, 6) is 1.76. The normalized spacial score (nSPS) is 16.7. The molecule has 1 saturated heterocycles. The highest BCUT2D eigenvalue weighted by atomic mass is 32.1. The molecule has 29 heavy (non-hydrogen) atoms. The van der Waals surface area contributed by atoms with Crippen LogP contribution in [0.4, 0.5) is 0 Å². The predicted octanol–water partition coefficient (Wildman–Crippen LogP) is 2.99. The lowest BCUT2D eigenvalue weighted by molar-refractivity contribution is 0.0177. The van der Waals surface area contributed by atoms with E-state index in [1.165, 1.54) is 4.88 Å². The molecule has 0 amide bonds. The van der Waals surface area contributed by atoms with E-state index in [-0.39, 0.29) is 0 Å². The number of guanidine groups is 1. The molecule has 2 aromatic rings. The van der Waals surface area contributed by atoms with Gasteiger partial charge in [-0.1, -0.05) is 25.1 Å². The molecule has 160 valence electrons. The summed E-state index contributed by atoms with van der Waals surface area (Å²) >= 11 is 1.81. The molecule has 7 nitrogen and oxygen atoms in total. The number of morpholine rings is 1. The van der Waals surface area contributed by atoms with E-state index >= 15 is 0 Å². The largest absolute Gasteiger partial charge is 0.379 e. The number of aliphatic imine (C=N–C) groups is 1. The summed E-state index contributed by atoms with van der Waals surface area (Å²) in [5, 5.41) is 13.3. The molecule has 0 aliphatic carbocycles. The van der Waals surface area contributed by atoms with Gasteiger partial charge in [0.1, 0.15) is 5.76 Å². The maximum atomic E-state index is 5.55.